The number of carbonyl (C=O) groups is 2. The van der Waals surface area contributed by atoms with Crippen molar-refractivity contribution < 1.29 is 14.3 Å². The average molecular weight is 381 g/mol. The first-order chi connectivity index (χ1) is 13.7. The van der Waals surface area contributed by atoms with Crippen molar-refractivity contribution in [3.8, 4) is 0 Å². The van der Waals surface area contributed by atoms with Gasteiger partial charge in [0.2, 0.25) is 5.91 Å². The SMILES string of the molecule is CCc1ccc(C(=O)CCC(=O)NCc2cccnc2N2CCOCC2)cc1. The van der Waals surface area contributed by atoms with Gasteiger partial charge in [-0.15, -0.1) is 0 Å². The van der Waals surface area contributed by atoms with E-state index in [2.05, 4.69) is 22.1 Å². The van der Waals surface area contributed by atoms with Crippen LogP contribution >= 0.6 is 0 Å². The minimum absolute atomic E-state index is 0.00631. The number of anilines is 1. The maximum Gasteiger partial charge on any atom is 0.220 e. The van der Waals surface area contributed by atoms with E-state index in [9.17, 15) is 9.59 Å². The number of aromatic nitrogens is 1. The molecule has 0 unspecified atom stereocenters. The van der Waals surface area contributed by atoms with Crippen molar-refractivity contribution in [3.05, 3.63) is 59.3 Å². The lowest BCUT2D eigenvalue weighted by Crippen LogP contribution is -2.37. The number of carbonyl (C=O) groups excluding carboxylic acids is 2. The topological polar surface area (TPSA) is 71.5 Å². The zero-order chi connectivity index (χ0) is 19.8. The molecule has 6 nitrogen and oxygen atoms in total. The second-order valence-electron chi connectivity index (χ2n) is 6.84. The van der Waals surface area contributed by atoms with E-state index in [0.29, 0.717) is 25.3 Å². The first kappa shape index (κ1) is 20.0. The predicted octanol–water partition coefficient (Wildman–Crippen LogP) is 2.76. The van der Waals surface area contributed by atoms with E-state index in [1.54, 1.807) is 6.20 Å². The van der Waals surface area contributed by atoms with Crippen molar-refractivity contribution in [2.75, 3.05) is 31.2 Å². The number of hydrogen-bond acceptors (Lipinski definition) is 5. The molecule has 0 spiro atoms. The molecule has 3 rings (SSSR count). The summed E-state index contributed by atoms with van der Waals surface area (Å²) in [6.45, 7) is 5.44. The predicted molar refractivity (Wildman–Crippen MR) is 109 cm³/mol. The lowest BCUT2D eigenvalue weighted by Gasteiger charge is -2.29. The highest BCUT2D eigenvalue weighted by Crippen LogP contribution is 2.18. The zero-order valence-corrected chi connectivity index (χ0v) is 16.3. The van der Waals surface area contributed by atoms with E-state index in [1.807, 2.05) is 36.4 Å². The molecule has 1 aromatic carbocycles. The monoisotopic (exact) mass is 381 g/mol. The molecule has 1 amide bonds. The summed E-state index contributed by atoms with van der Waals surface area (Å²) in [7, 11) is 0. The molecule has 1 aromatic heterocycles. The van der Waals surface area contributed by atoms with Gasteiger partial charge >= 0.3 is 0 Å². The Labute approximate surface area is 165 Å². The summed E-state index contributed by atoms with van der Waals surface area (Å²) >= 11 is 0. The third-order valence-corrected chi connectivity index (χ3v) is 4.92. The van der Waals surface area contributed by atoms with Gasteiger partial charge in [-0.2, -0.15) is 0 Å². The van der Waals surface area contributed by atoms with Crippen LogP contribution in [0.25, 0.3) is 0 Å². The van der Waals surface area contributed by atoms with Crippen LogP contribution in [0.3, 0.4) is 0 Å². The Morgan fingerprint density at radius 1 is 1.11 bits per heavy atom. The number of ketones is 1. The molecule has 0 saturated carbocycles. The molecule has 0 radical (unpaired) electrons. The summed E-state index contributed by atoms with van der Waals surface area (Å²) in [5.74, 6) is 0.752. The summed E-state index contributed by atoms with van der Waals surface area (Å²) in [6.07, 6.45) is 3.10. The molecule has 0 bridgehead atoms. The number of morpholine rings is 1. The van der Waals surface area contributed by atoms with Crippen LogP contribution < -0.4 is 10.2 Å². The molecular weight excluding hydrogens is 354 g/mol. The normalized spacial score (nSPS) is 14.0. The van der Waals surface area contributed by atoms with E-state index in [-0.39, 0.29) is 24.5 Å². The van der Waals surface area contributed by atoms with Crippen LogP contribution in [0.2, 0.25) is 0 Å². The molecule has 1 fully saturated rings. The number of ether oxygens (including phenoxy) is 1. The number of amides is 1. The lowest BCUT2D eigenvalue weighted by atomic mass is 10.0. The number of nitrogens with one attached hydrogen (secondary N) is 1. The highest BCUT2D eigenvalue weighted by atomic mass is 16.5. The van der Waals surface area contributed by atoms with Gasteiger partial charge in [-0.25, -0.2) is 4.98 Å². The highest BCUT2D eigenvalue weighted by molar-refractivity contribution is 5.97. The van der Waals surface area contributed by atoms with Crippen molar-refractivity contribution in [2.24, 2.45) is 0 Å². The van der Waals surface area contributed by atoms with Gasteiger partial charge in [-0.1, -0.05) is 37.3 Å². The second kappa shape index (κ2) is 9.99. The van der Waals surface area contributed by atoms with E-state index >= 15 is 0 Å². The van der Waals surface area contributed by atoms with Crippen LogP contribution in [-0.2, 0) is 22.5 Å². The van der Waals surface area contributed by atoms with Crippen LogP contribution in [0.5, 0.6) is 0 Å². The number of pyridine rings is 1. The highest BCUT2D eigenvalue weighted by Gasteiger charge is 2.16. The zero-order valence-electron chi connectivity index (χ0n) is 16.3. The fraction of sp³-hybridized carbons (Fsp3) is 0.409. The first-order valence-corrected chi connectivity index (χ1v) is 9.83. The van der Waals surface area contributed by atoms with E-state index in [4.69, 9.17) is 4.74 Å². The summed E-state index contributed by atoms with van der Waals surface area (Å²) in [5, 5.41) is 2.91. The molecule has 1 saturated heterocycles. The maximum atomic E-state index is 12.3. The van der Waals surface area contributed by atoms with Crippen molar-refractivity contribution in [3.63, 3.8) is 0 Å². The van der Waals surface area contributed by atoms with E-state index in [1.165, 1.54) is 5.56 Å². The number of nitrogens with zero attached hydrogens (tertiary/aromatic N) is 2. The molecule has 0 aliphatic carbocycles. The quantitative estimate of drug-likeness (QED) is 0.712. The molecule has 1 aliphatic rings. The van der Waals surface area contributed by atoms with Gasteiger partial charge in [-0.05, 0) is 18.1 Å². The molecule has 6 heteroatoms. The van der Waals surface area contributed by atoms with Crippen molar-refractivity contribution in [1.82, 2.24) is 10.3 Å². The van der Waals surface area contributed by atoms with Crippen molar-refractivity contribution >= 4 is 17.5 Å². The number of aryl methyl sites for hydroxylation is 1. The lowest BCUT2D eigenvalue weighted by molar-refractivity contribution is -0.121. The Morgan fingerprint density at radius 3 is 2.57 bits per heavy atom. The minimum Gasteiger partial charge on any atom is -0.378 e. The molecule has 28 heavy (non-hydrogen) atoms. The van der Waals surface area contributed by atoms with Gasteiger partial charge < -0.3 is 15.0 Å². The fourth-order valence-corrected chi connectivity index (χ4v) is 3.21. The number of rotatable bonds is 8. The van der Waals surface area contributed by atoms with Gasteiger partial charge in [0.1, 0.15) is 5.82 Å². The Hall–Kier alpha value is -2.73. The Balaban J connectivity index is 1.49. The number of Topliss-reactive ketones (excluding diaryl/α,β-unsaturated/α-hetero) is 1. The van der Waals surface area contributed by atoms with Gasteiger partial charge in [0.15, 0.2) is 5.78 Å². The Bertz CT molecular complexity index is 799. The molecule has 2 heterocycles. The van der Waals surface area contributed by atoms with Crippen LogP contribution in [0.1, 0.15) is 41.3 Å². The van der Waals surface area contributed by atoms with Crippen LogP contribution in [0.4, 0.5) is 5.82 Å². The van der Waals surface area contributed by atoms with Gasteiger partial charge in [0.25, 0.3) is 0 Å². The van der Waals surface area contributed by atoms with Crippen LogP contribution in [0.15, 0.2) is 42.6 Å². The summed E-state index contributed by atoms with van der Waals surface area (Å²) < 4.78 is 5.39. The third-order valence-electron chi connectivity index (χ3n) is 4.92. The van der Waals surface area contributed by atoms with Crippen molar-refractivity contribution in [1.29, 1.82) is 0 Å². The van der Waals surface area contributed by atoms with E-state index < -0.39 is 0 Å². The second-order valence-corrected chi connectivity index (χ2v) is 6.84. The molecule has 148 valence electrons. The van der Waals surface area contributed by atoms with E-state index in [0.717, 1.165) is 30.9 Å². The first-order valence-electron chi connectivity index (χ1n) is 9.83. The smallest absolute Gasteiger partial charge is 0.220 e. The number of hydrogen-bond donors (Lipinski definition) is 1. The molecule has 1 N–H and O–H groups in total. The summed E-state index contributed by atoms with van der Waals surface area (Å²) in [4.78, 5) is 31.1. The van der Waals surface area contributed by atoms with Crippen molar-refractivity contribution in [2.45, 2.75) is 32.7 Å². The largest absolute Gasteiger partial charge is 0.378 e. The van der Waals surface area contributed by atoms with Gasteiger partial charge in [-0.3, -0.25) is 9.59 Å². The molecule has 0 atom stereocenters. The molecule has 2 aromatic rings. The molecule has 1 aliphatic heterocycles. The summed E-state index contributed by atoms with van der Waals surface area (Å²) in [6, 6.07) is 11.4. The number of benzene rings is 1. The third kappa shape index (κ3) is 5.39. The van der Waals surface area contributed by atoms with Gasteiger partial charge in [0, 0.05) is 49.8 Å². The van der Waals surface area contributed by atoms with Crippen LogP contribution in [-0.4, -0.2) is 43.0 Å². The summed E-state index contributed by atoms with van der Waals surface area (Å²) in [5.41, 5.74) is 2.83. The van der Waals surface area contributed by atoms with Crippen LogP contribution in [0, 0.1) is 0 Å². The Kier molecular flexibility index (Phi) is 7.14. The molecular formula is C22H27N3O3. The maximum absolute atomic E-state index is 12.3. The Morgan fingerprint density at radius 2 is 1.86 bits per heavy atom. The fourth-order valence-electron chi connectivity index (χ4n) is 3.21. The average Bonchev–Trinajstić information content (AvgIpc) is 2.77. The van der Waals surface area contributed by atoms with Gasteiger partial charge in [0.05, 0.1) is 13.2 Å². The minimum atomic E-state index is -0.129. The standard InChI is InChI=1S/C22H27N3O3/c1-2-17-5-7-18(8-6-17)20(26)9-10-21(27)24-16-19-4-3-11-23-22(19)25-12-14-28-15-13-25/h3-8,11H,2,9-10,12-16H2,1H3,(H,24,27).